The molecule has 1 aromatic heterocycles. The van der Waals surface area contributed by atoms with Gasteiger partial charge in [-0.15, -0.1) is 11.3 Å². The topological polar surface area (TPSA) is 21.3 Å². The predicted molar refractivity (Wildman–Crippen MR) is 85.5 cm³/mol. The van der Waals surface area contributed by atoms with Crippen LogP contribution in [0.2, 0.25) is 5.02 Å². The van der Waals surface area contributed by atoms with E-state index >= 15 is 0 Å². The summed E-state index contributed by atoms with van der Waals surface area (Å²) in [5.41, 5.74) is 1.11. The summed E-state index contributed by atoms with van der Waals surface area (Å²) in [4.78, 5) is 1.29. The van der Waals surface area contributed by atoms with Crippen LogP contribution < -0.4 is 10.1 Å². The number of thiophene rings is 1. The van der Waals surface area contributed by atoms with Crippen LogP contribution in [0.25, 0.3) is 0 Å². The van der Waals surface area contributed by atoms with Crippen molar-refractivity contribution in [3.8, 4) is 5.75 Å². The van der Waals surface area contributed by atoms with Crippen molar-refractivity contribution in [2.45, 2.75) is 12.5 Å². The fourth-order valence-corrected chi connectivity index (χ4v) is 3.73. The summed E-state index contributed by atoms with van der Waals surface area (Å²) in [6.45, 7) is 0. The van der Waals surface area contributed by atoms with Gasteiger partial charge in [-0.1, -0.05) is 11.6 Å². The second-order valence-corrected chi connectivity index (χ2v) is 6.46. The van der Waals surface area contributed by atoms with Gasteiger partial charge in [-0.3, -0.25) is 0 Å². The lowest BCUT2D eigenvalue weighted by atomic mass is 10.0. The largest absolute Gasteiger partial charge is 0.496 e. The first-order valence-corrected chi connectivity index (χ1v) is 7.92. The maximum absolute atomic E-state index is 6.07. The van der Waals surface area contributed by atoms with Gasteiger partial charge >= 0.3 is 0 Å². The average Bonchev–Trinajstić information content (AvgIpc) is 2.82. The minimum absolute atomic E-state index is 0.253. The molecular weight excluding hydrogens is 346 g/mol. The van der Waals surface area contributed by atoms with Gasteiger partial charge in [0.15, 0.2) is 0 Å². The van der Waals surface area contributed by atoms with Crippen LogP contribution in [0.1, 0.15) is 16.5 Å². The van der Waals surface area contributed by atoms with Crippen LogP contribution in [-0.4, -0.2) is 14.2 Å². The summed E-state index contributed by atoms with van der Waals surface area (Å²) in [6.07, 6.45) is 0.840. The third-order valence-corrected chi connectivity index (χ3v) is 4.99. The van der Waals surface area contributed by atoms with Crippen molar-refractivity contribution in [1.82, 2.24) is 5.32 Å². The molecule has 2 aromatic rings. The molecule has 19 heavy (non-hydrogen) atoms. The quantitative estimate of drug-likeness (QED) is 0.836. The number of rotatable bonds is 5. The second kappa shape index (κ2) is 6.75. The third-order valence-electron chi connectivity index (χ3n) is 2.95. The summed E-state index contributed by atoms with van der Waals surface area (Å²) in [7, 11) is 3.65. The molecule has 0 bridgehead atoms. The van der Waals surface area contributed by atoms with Crippen LogP contribution in [0.4, 0.5) is 0 Å². The highest BCUT2D eigenvalue weighted by Gasteiger charge is 2.15. The molecule has 0 aliphatic heterocycles. The standard InChI is InChI=1S/C14H15BrClNOS/c1-17-12(14-7-10(15)8-19-14)6-9-5-11(16)3-4-13(9)18-2/h3-5,7-8,12,17H,6H2,1-2H3. The first-order chi connectivity index (χ1) is 9.13. The minimum atomic E-state index is 0.253. The molecule has 1 N–H and O–H groups in total. The van der Waals surface area contributed by atoms with E-state index in [1.54, 1.807) is 18.4 Å². The van der Waals surface area contributed by atoms with Crippen LogP contribution in [0, 0.1) is 0 Å². The lowest BCUT2D eigenvalue weighted by Gasteiger charge is -2.17. The highest BCUT2D eigenvalue weighted by Crippen LogP contribution is 2.31. The number of halogens is 2. The van der Waals surface area contributed by atoms with Crippen LogP contribution in [0.5, 0.6) is 5.75 Å². The fourth-order valence-electron chi connectivity index (χ4n) is 1.98. The summed E-state index contributed by atoms with van der Waals surface area (Å²) in [5.74, 6) is 0.875. The lowest BCUT2D eigenvalue weighted by Crippen LogP contribution is -2.18. The Morgan fingerprint density at radius 1 is 1.42 bits per heavy atom. The van der Waals surface area contributed by atoms with Crippen LogP contribution in [0.15, 0.2) is 34.1 Å². The van der Waals surface area contributed by atoms with E-state index in [9.17, 15) is 0 Å². The van der Waals surface area contributed by atoms with E-state index in [1.165, 1.54) is 4.88 Å². The van der Waals surface area contributed by atoms with Crippen molar-refractivity contribution in [2.24, 2.45) is 0 Å². The SMILES string of the molecule is CNC(Cc1cc(Cl)ccc1OC)c1cc(Br)cs1. The Bertz CT molecular complexity index is 558. The Hall–Kier alpha value is -0.550. The molecule has 0 saturated carbocycles. The number of hydrogen-bond donors (Lipinski definition) is 1. The molecule has 2 rings (SSSR count). The molecule has 0 fully saturated rings. The molecular formula is C14H15BrClNOS. The van der Waals surface area contributed by atoms with Crippen LogP contribution >= 0.6 is 38.9 Å². The molecule has 1 aromatic carbocycles. The zero-order valence-corrected chi connectivity index (χ0v) is 13.9. The first kappa shape index (κ1) is 14.9. The molecule has 0 spiro atoms. The monoisotopic (exact) mass is 359 g/mol. The van der Waals surface area contributed by atoms with Crippen molar-refractivity contribution in [3.63, 3.8) is 0 Å². The van der Waals surface area contributed by atoms with E-state index in [-0.39, 0.29) is 6.04 Å². The van der Waals surface area contributed by atoms with Crippen molar-refractivity contribution in [3.05, 3.63) is 49.6 Å². The molecule has 2 nitrogen and oxygen atoms in total. The van der Waals surface area contributed by atoms with Crippen molar-refractivity contribution >= 4 is 38.9 Å². The Morgan fingerprint density at radius 3 is 2.79 bits per heavy atom. The second-order valence-electron chi connectivity index (χ2n) is 4.17. The van der Waals surface area contributed by atoms with E-state index < -0.39 is 0 Å². The Morgan fingerprint density at radius 2 is 2.21 bits per heavy atom. The van der Waals surface area contributed by atoms with Crippen LogP contribution in [-0.2, 0) is 6.42 Å². The number of nitrogens with one attached hydrogen (secondary N) is 1. The normalized spacial score (nSPS) is 12.4. The molecule has 1 unspecified atom stereocenters. The number of hydrogen-bond acceptors (Lipinski definition) is 3. The maximum Gasteiger partial charge on any atom is 0.122 e. The summed E-state index contributed by atoms with van der Waals surface area (Å²) < 4.78 is 6.51. The van der Waals surface area contributed by atoms with Gasteiger partial charge in [0.1, 0.15) is 5.75 Å². The predicted octanol–water partition coefficient (Wildman–Crippen LogP) is 4.68. The van der Waals surface area contributed by atoms with Crippen molar-refractivity contribution in [1.29, 1.82) is 0 Å². The van der Waals surface area contributed by atoms with Gasteiger partial charge in [0, 0.05) is 25.8 Å². The highest BCUT2D eigenvalue weighted by molar-refractivity contribution is 9.10. The minimum Gasteiger partial charge on any atom is -0.496 e. The first-order valence-electron chi connectivity index (χ1n) is 5.87. The lowest BCUT2D eigenvalue weighted by molar-refractivity contribution is 0.406. The number of benzene rings is 1. The van der Waals surface area contributed by atoms with E-state index in [2.05, 4.69) is 32.7 Å². The molecule has 0 radical (unpaired) electrons. The summed E-state index contributed by atoms with van der Waals surface area (Å²) >= 11 is 11.3. The van der Waals surface area contributed by atoms with E-state index in [4.69, 9.17) is 16.3 Å². The summed E-state index contributed by atoms with van der Waals surface area (Å²) in [6, 6.07) is 8.12. The average molecular weight is 361 g/mol. The van der Waals surface area contributed by atoms with Crippen molar-refractivity contribution in [2.75, 3.05) is 14.2 Å². The maximum atomic E-state index is 6.07. The smallest absolute Gasteiger partial charge is 0.122 e. The van der Waals surface area contributed by atoms with Gasteiger partial charge < -0.3 is 10.1 Å². The van der Waals surface area contributed by atoms with Gasteiger partial charge in [0.05, 0.1) is 7.11 Å². The van der Waals surface area contributed by atoms with Gasteiger partial charge in [-0.05, 0) is 59.2 Å². The number of methoxy groups -OCH3 is 1. The molecule has 0 aliphatic carbocycles. The zero-order valence-electron chi connectivity index (χ0n) is 10.7. The fraction of sp³-hybridized carbons (Fsp3) is 0.286. The molecule has 102 valence electrons. The van der Waals surface area contributed by atoms with Gasteiger partial charge in [0.2, 0.25) is 0 Å². The van der Waals surface area contributed by atoms with Crippen LogP contribution in [0.3, 0.4) is 0 Å². The van der Waals surface area contributed by atoms with E-state index in [1.807, 2.05) is 25.2 Å². The van der Waals surface area contributed by atoms with Gasteiger partial charge in [-0.25, -0.2) is 0 Å². The third kappa shape index (κ3) is 3.72. The molecule has 5 heteroatoms. The zero-order chi connectivity index (χ0) is 13.8. The van der Waals surface area contributed by atoms with Gasteiger partial charge in [0.25, 0.3) is 0 Å². The van der Waals surface area contributed by atoms with Gasteiger partial charge in [-0.2, -0.15) is 0 Å². The van der Waals surface area contributed by atoms with E-state index in [0.29, 0.717) is 0 Å². The molecule has 0 aliphatic rings. The Balaban J connectivity index is 2.25. The molecule has 1 atom stereocenters. The number of ether oxygens (including phenoxy) is 1. The van der Waals surface area contributed by atoms with E-state index in [0.717, 1.165) is 27.2 Å². The summed E-state index contributed by atoms with van der Waals surface area (Å²) in [5, 5.41) is 6.17. The number of likely N-dealkylation sites (N-methyl/N-ethyl adjacent to an activating group) is 1. The Kier molecular flexibility index (Phi) is 5.28. The Labute approximate surface area is 130 Å². The van der Waals surface area contributed by atoms with Crippen molar-refractivity contribution < 1.29 is 4.74 Å². The molecule has 0 saturated heterocycles. The highest BCUT2D eigenvalue weighted by atomic mass is 79.9. The molecule has 0 amide bonds. The molecule has 1 heterocycles.